The highest BCUT2D eigenvalue weighted by molar-refractivity contribution is 5.72. The van der Waals surface area contributed by atoms with Gasteiger partial charge in [-0.25, -0.2) is 0 Å². The molecule has 0 heterocycles. The molecule has 2 heteroatoms. The van der Waals surface area contributed by atoms with Gasteiger partial charge in [0, 0.05) is 0 Å². The van der Waals surface area contributed by atoms with Gasteiger partial charge < -0.3 is 5.11 Å². The van der Waals surface area contributed by atoms with E-state index in [0.717, 1.165) is 6.42 Å². The number of carbonyl (C=O) groups is 1. The van der Waals surface area contributed by atoms with Gasteiger partial charge >= 0.3 is 5.97 Å². The summed E-state index contributed by atoms with van der Waals surface area (Å²) >= 11 is 0. The second-order valence-electron chi connectivity index (χ2n) is 8.19. The van der Waals surface area contributed by atoms with Crippen molar-refractivity contribution in [2.24, 2.45) is 23.2 Å². The Kier molecular flexibility index (Phi) is 4.05. The summed E-state index contributed by atoms with van der Waals surface area (Å²) in [6.07, 6.45) is 5.66. The number of aliphatic carboxylic acids is 1. The topological polar surface area (TPSA) is 37.3 Å². The average molecular weight is 300 g/mol. The molecule has 1 aromatic carbocycles. The third-order valence-electron chi connectivity index (χ3n) is 6.23. The molecule has 0 amide bonds. The highest BCUT2D eigenvalue weighted by atomic mass is 16.4. The Morgan fingerprint density at radius 1 is 1.09 bits per heavy atom. The molecule has 1 aromatic rings. The van der Waals surface area contributed by atoms with Crippen molar-refractivity contribution in [3.8, 4) is 0 Å². The maximum Gasteiger partial charge on any atom is 0.306 e. The van der Waals surface area contributed by atoms with Crippen LogP contribution in [0.25, 0.3) is 0 Å². The molecule has 1 N–H and O–H groups in total. The average Bonchev–Trinajstić information content (AvgIpc) is 2.47. The Hall–Kier alpha value is -1.31. The Labute approximate surface area is 133 Å². The molecule has 2 unspecified atom stereocenters. The smallest absolute Gasteiger partial charge is 0.306 e. The van der Waals surface area contributed by atoms with Gasteiger partial charge in [-0.3, -0.25) is 4.79 Å². The lowest BCUT2D eigenvalue weighted by atomic mass is 9.49. The maximum atomic E-state index is 11.4. The van der Waals surface area contributed by atoms with E-state index in [1.807, 2.05) is 0 Å². The fourth-order valence-corrected chi connectivity index (χ4v) is 5.07. The van der Waals surface area contributed by atoms with E-state index in [-0.39, 0.29) is 11.3 Å². The molecular weight excluding hydrogens is 272 g/mol. The summed E-state index contributed by atoms with van der Waals surface area (Å²) in [6.45, 7) is 6.64. The predicted molar refractivity (Wildman–Crippen MR) is 88.9 cm³/mol. The zero-order chi connectivity index (χ0) is 15.9. The number of hydrogen-bond acceptors (Lipinski definition) is 1. The largest absolute Gasteiger partial charge is 0.481 e. The molecule has 0 saturated heterocycles. The second kappa shape index (κ2) is 5.72. The molecule has 2 atom stereocenters. The predicted octanol–water partition coefficient (Wildman–Crippen LogP) is 5.02. The van der Waals surface area contributed by atoms with E-state index in [4.69, 9.17) is 0 Å². The number of hydrogen-bond donors (Lipinski definition) is 1. The number of carboxylic acids is 1. The van der Waals surface area contributed by atoms with Gasteiger partial charge in [-0.15, -0.1) is 0 Å². The molecule has 22 heavy (non-hydrogen) atoms. The lowest BCUT2D eigenvalue weighted by molar-refractivity contribution is -0.162. The van der Waals surface area contributed by atoms with Crippen LogP contribution >= 0.6 is 0 Å². The Balaban J connectivity index is 1.64. The van der Waals surface area contributed by atoms with Crippen molar-refractivity contribution in [2.75, 3.05) is 0 Å². The number of rotatable bonds is 3. The molecule has 3 rings (SSSR count). The summed E-state index contributed by atoms with van der Waals surface area (Å²) in [5.74, 6) is 0.972. The van der Waals surface area contributed by atoms with Crippen LogP contribution in [-0.4, -0.2) is 11.1 Å². The monoisotopic (exact) mass is 300 g/mol. The first-order valence-corrected chi connectivity index (χ1v) is 8.68. The van der Waals surface area contributed by atoms with Gasteiger partial charge in [-0.1, -0.05) is 43.7 Å². The quantitative estimate of drug-likeness (QED) is 0.851. The van der Waals surface area contributed by atoms with Crippen molar-refractivity contribution in [3.05, 3.63) is 35.4 Å². The normalized spacial score (nSPS) is 34.0. The molecule has 0 bridgehead atoms. The highest BCUT2D eigenvalue weighted by Crippen LogP contribution is 2.57. The summed E-state index contributed by atoms with van der Waals surface area (Å²) in [5.41, 5.74) is 2.99. The molecule has 2 aliphatic carbocycles. The van der Waals surface area contributed by atoms with Gasteiger partial charge in [0.1, 0.15) is 0 Å². The fourth-order valence-electron chi connectivity index (χ4n) is 5.07. The lowest BCUT2D eigenvalue weighted by Crippen LogP contribution is -2.51. The van der Waals surface area contributed by atoms with Crippen molar-refractivity contribution in [1.82, 2.24) is 0 Å². The van der Waals surface area contributed by atoms with Gasteiger partial charge in [-0.05, 0) is 67.8 Å². The fraction of sp³-hybridized carbons (Fsp3) is 0.650. The molecule has 2 fully saturated rings. The van der Waals surface area contributed by atoms with Gasteiger partial charge in [0.15, 0.2) is 0 Å². The Morgan fingerprint density at radius 3 is 2.18 bits per heavy atom. The summed E-state index contributed by atoms with van der Waals surface area (Å²) in [4.78, 5) is 11.4. The zero-order valence-electron chi connectivity index (χ0n) is 14.0. The summed E-state index contributed by atoms with van der Waals surface area (Å²) < 4.78 is 0. The minimum absolute atomic E-state index is 0.101. The summed E-state index contributed by atoms with van der Waals surface area (Å²) in [6, 6.07) is 8.95. The van der Waals surface area contributed by atoms with E-state index in [9.17, 15) is 9.90 Å². The minimum atomic E-state index is -0.579. The molecule has 2 saturated carbocycles. The van der Waals surface area contributed by atoms with E-state index in [1.54, 1.807) is 0 Å². The number of aryl methyl sites for hydroxylation is 1. The first kappa shape index (κ1) is 15.6. The number of carboxylic acid groups (broad SMARTS) is 1. The molecular formula is C20H28O2. The van der Waals surface area contributed by atoms with Crippen molar-refractivity contribution in [3.63, 3.8) is 0 Å². The molecule has 120 valence electrons. The maximum absolute atomic E-state index is 11.4. The van der Waals surface area contributed by atoms with Crippen LogP contribution < -0.4 is 0 Å². The van der Waals surface area contributed by atoms with Crippen molar-refractivity contribution in [2.45, 2.75) is 58.8 Å². The standard InChI is InChI=1S/C20H28O2/c1-13-4-6-14(7-5-13)15-8-10-16(11-9-15)18-17(19(21)22)12-20(18,2)3/h4-7,15-18H,8-12H2,1-3H3,(H,21,22). The van der Waals surface area contributed by atoms with Gasteiger partial charge in [0.25, 0.3) is 0 Å². The molecule has 0 radical (unpaired) electrons. The molecule has 2 aliphatic rings. The summed E-state index contributed by atoms with van der Waals surface area (Å²) in [5, 5.41) is 9.42. The van der Waals surface area contributed by atoms with Gasteiger partial charge in [0.05, 0.1) is 5.92 Å². The lowest BCUT2D eigenvalue weighted by Gasteiger charge is -2.54. The summed E-state index contributed by atoms with van der Waals surface area (Å²) in [7, 11) is 0. The SMILES string of the molecule is Cc1ccc(C2CCC(C3C(C(=O)O)CC3(C)C)CC2)cc1. The third kappa shape index (κ3) is 2.80. The molecule has 0 spiro atoms. The van der Waals surface area contributed by atoms with Crippen LogP contribution in [0.5, 0.6) is 0 Å². The molecule has 0 aliphatic heterocycles. The molecule has 0 aromatic heterocycles. The van der Waals surface area contributed by atoms with E-state index >= 15 is 0 Å². The van der Waals surface area contributed by atoms with Gasteiger partial charge in [-0.2, -0.15) is 0 Å². The first-order valence-electron chi connectivity index (χ1n) is 8.68. The second-order valence-corrected chi connectivity index (χ2v) is 8.19. The van der Waals surface area contributed by atoms with Crippen LogP contribution in [0.2, 0.25) is 0 Å². The van der Waals surface area contributed by atoms with E-state index in [2.05, 4.69) is 45.0 Å². The van der Waals surface area contributed by atoms with E-state index in [1.165, 1.54) is 36.8 Å². The minimum Gasteiger partial charge on any atom is -0.481 e. The number of benzene rings is 1. The van der Waals surface area contributed by atoms with Crippen LogP contribution in [0.3, 0.4) is 0 Å². The first-order chi connectivity index (χ1) is 10.4. The Bertz CT molecular complexity index is 535. The van der Waals surface area contributed by atoms with E-state index < -0.39 is 5.97 Å². The van der Waals surface area contributed by atoms with Crippen LogP contribution in [-0.2, 0) is 4.79 Å². The van der Waals surface area contributed by atoms with Crippen molar-refractivity contribution >= 4 is 5.97 Å². The van der Waals surface area contributed by atoms with Crippen LogP contribution in [0.4, 0.5) is 0 Å². The van der Waals surface area contributed by atoms with Crippen molar-refractivity contribution in [1.29, 1.82) is 0 Å². The van der Waals surface area contributed by atoms with E-state index in [0.29, 0.717) is 17.8 Å². The highest BCUT2D eigenvalue weighted by Gasteiger charge is 2.54. The third-order valence-corrected chi connectivity index (χ3v) is 6.23. The van der Waals surface area contributed by atoms with Crippen LogP contribution in [0.15, 0.2) is 24.3 Å². The van der Waals surface area contributed by atoms with Crippen LogP contribution in [0, 0.1) is 30.1 Å². The Morgan fingerprint density at radius 2 is 1.68 bits per heavy atom. The van der Waals surface area contributed by atoms with Crippen molar-refractivity contribution < 1.29 is 9.90 Å². The zero-order valence-corrected chi connectivity index (χ0v) is 14.0. The van der Waals surface area contributed by atoms with Gasteiger partial charge in [0.2, 0.25) is 0 Å². The van der Waals surface area contributed by atoms with Crippen LogP contribution in [0.1, 0.15) is 63.0 Å². The molecule has 2 nitrogen and oxygen atoms in total.